The van der Waals surface area contributed by atoms with Crippen molar-refractivity contribution >= 4 is 0 Å². The fraction of sp³-hybridized carbons (Fsp3) is 0.500. The summed E-state index contributed by atoms with van der Waals surface area (Å²) >= 11 is 0. The molecule has 0 aromatic rings. The second-order valence-corrected chi connectivity index (χ2v) is 4.18. The minimum atomic E-state index is 0. The van der Waals surface area contributed by atoms with E-state index in [0.29, 0.717) is 6.04 Å². The first-order valence-corrected chi connectivity index (χ1v) is 4.93. The monoisotopic (exact) mass is 177 g/mol. The Bertz CT molecular complexity index is 291. The molecular formula is C12H19N. The molecule has 13 heavy (non-hydrogen) atoms. The molecule has 1 nitrogen and oxygen atoms in total. The van der Waals surface area contributed by atoms with Gasteiger partial charge in [-0.15, -0.1) is 0 Å². The van der Waals surface area contributed by atoms with Crippen molar-refractivity contribution in [2.75, 3.05) is 13.6 Å². The van der Waals surface area contributed by atoms with Crippen LogP contribution < -0.4 is 0 Å². The highest BCUT2D eigenvalue weighted by Crippen LogP contribution is 2.35. The molecule has 0 saturated heterocycles. The summed E-state index contributed by atoms with van der Waals surface area (Å²) < 4.78 is 0. The van der Waals surface area contributed by atoms with Gasteiger partial charge in [-0.2, -0.15) is 0 Å². The minimum absolute atomic E-state index is 0. The summed E-state index contributed by atoms with van der Waals surface area (Å²) in [4.78, 5) is 2.42. The standard InChI is InChI=1S/C12H17N.H2/c1-9-7-10(2)11-5-4-6-13(3)12(11)8-9;/h5,12H,1-2,4,6-8H2,3H3;1H/t12-;/m1./s1. The van der Waals surface area contributed by atoms with Gasteiger partial charge < -0.3 is 0 Å². The lowest BCUT2D eigenvalue weighted by Gasteiger charge is -2.38. The molecule has 0 bridgehead atoms. The van der Waals surface area contributed by atoms with E-state index in [-0.39, 0.29) is 1.43 Å². The Kier molecular flexibility index (Phi) is 2.12. The molecule has 0 N–H and O–H groups in total. The van der Waals surface area contributed by atoms with Gasteiger partial charge in [0.15, 0.2) is 0 Å². The van der Waals surface area contributed by atoms with Crippen molar-refractivity contribution in [2.24, 2.45) is 0 Å². The molecule has 0 spiro atoms. The average Bonchev–Trinajstić information content (AvgIpc) is 2.07. The summed E-state index contributed by atoms with van der Waals surface area (Å²) in [5, 5.41) is 0. The maximum absolute atomic E-state index is 4.13. The van der Waals surface area contributed by atoms with E-state index in [1.807, 2.05) is 0 Å². The van der Waals surface area contributed by atoms with Gasteiger partial charge in [0.2, 0.25) is 0 Å². The second kappa shape index (κ2) is 3.15. The molecule has 1 fully saturated rings. The average molecular weight is 177 g/mol. The van der Waals surface area contributed by atoms with Crippen LogP contribution in [-0.4, -0.2) is 24.5 Å². The van der Waals surface area contributed by atoms with Gasteiger partial charge >= 0.3 is 0 Å². The van der Waals surface area contributed by atoms with Crippen LogP contribution in [-0.2, 0) is 0 Å². The van der Waals surface area contributed by atoms with Crippen LogP contribution in [0.25, 0.3) is 0 Å². The van der Waals surface area contributed by atoms with Gasteiger partial charge in [-0.3, -0.25) is 4.90 Å². The van der Waals surface area contributed by atoms with E-state index in [2.05, 4.69) is 31.2 Å². The van der Waals surface area contributed by atoms with E-state index in [1.54, 1.807) is 0 Å². The highest BCUT2D eigenvalue weighted by molar-refractivity contribution is 5.42. The summed E-state index contributed by atoms with van der Waals surface area (Å²) in [5.41, 5.74) is 4.09. The number of likely N-dealkylation sites (N-methyl/N-ethyl adjacent to an activating group) is 1. The van der Waals surface area contributed by atoms with E-state index in [4.69, 9.17) is 0 Å². The van der Waals surface area contributed by atoms with Crippen molar-refractivity contribution in [2.45, 2.75) is 25.3 Å². The maximum atomic E-state index is 4.13. The molecule has 1 heterocycles. The fourth-order valence-electron chi connectivity index (χ4n) is 2.35. The fourth-order valence-corrected chi connectivity index (χ4v) is 2.35. The van der Waals surface area contributed by atoms with Crippen LogP contribution in [0.1, 0.15) is 20.7 Å². The van der Waals surface area contributed by atoms with Gasteiger partial charge in [-0.1, -0.05) is 24.8 Å². The lowest BCUT2D eigenvalue weighted by molar-refractivity contribution is 0.256. The molecular weight excluding hydrogens is 158 g/mol. The molecule has 0 aromatic heterocycles. The van der Waals surface area contributed by atoms with E-state index in [1.165, 1.54) is 29.7 Å². The maximum Gasteiger partial charge on any atom is 0.0381 e. The number of nitrogens with zero attached hydrogens (tertiary/aromatic N) is 1. The molecule has 0 radical (unpaired) electrons. The van der Waals surface area contributed by atoms with E-state index >= 15 is 0 Å². The summed E-state index contributed by atoms with van der Waals surface area (Å²) in [6.07, 6.45) is 5.67. The van der Waals surface area contributed by atoms with Crippen LogP contribution in [0.2, 0.25) is 0 Å². The van der Waals surface area contributed by atoms with Crippen molar-refractivity contribution in [1.29, 1.82) is 0 Å². The van der Waals surface area contributed by atoms with E-state index in [0.717, 1.165) is 12.8 Å². The number of hydrogen-bond acceptors (Lipinski definition) is 1. The predicted molar refractivity (Wildman–Crippen MR) is 58.7 cm³/mol. The Morgan fingerprint density at radius 3 is 3.08 bits per heavy atom. The highest BCUT2D eigenvalue weighted by Gasteiger charge is 2.28. The van der Waals surface area contributed by atoms with Gasteiger partial charge in [0.05, 0.1) is 0 Å². The lowest BCUT2D eigenvalue weighted by Crippen LogP contribution is -2.39. The van der Waals surface area contributed by atoms with Crippen molar-refractivity contribution in [3.63, 3.8) is 0 Å². The van der Waals surface area contributed by atoms with Crippen LogP contribution in [0.5, 0.6) is 0 Å². The van der Waals surface area contributed by atoms with Crippen LogP contribution in [0.3, 0.4) is 0 Å². The van der Waals surface area contributed by atoms with Gasteiger partial charge in [0.1, 0.15) is 0 Å². The van der Waals surface area contributed by atoms with Gasteiger partial charge in [-0.05, 0) is 37.5 Å². The quantitative estimate of drug-likeness (QED) is 0.514. The third-order valence-corrected chi connectivity index (χ3v) is 3.09. The second-order valence-electron chi connectivity index (χ2n) is 4.18. The summed E-state index contributed by atoms with van der Waals surface area (Å²) in [7, 11) is 2.20. The normalized spacial score (nSPS) is 29.9. The molecule has 72 valence electrons. The van der Waals surface area contributed by atoms with Crippen LogP contribution in [0, 0.1) is 0 Å². The van der Waals surface area contributed by atoms with Gasteiger partial charge in [0.25, 0.3) is 0 Å². The van der Waals surface area contributed by atoms with Crippen molar-refractivity contribution in [3.05, 3.63) is 36.0 Å². The number of hydrogen-bond donors (Lipinski definition) is 0. The predicted octanol–water partition coefficient (Wildman–Crippen LogP) is 2.77. The Morgan fingerprint density at radius 2 is 2.31 bits per heavy atom. The zero-order chi connectivity index (χ0) is 9.42. The Balaban J connectivity index is 0.000000980. The molecule has 2 rings (SSSR count). The molecule has 0 amide bonds. The lowest BCUT2D eigenvalue weighted by atomic mass is 9.81. The summed E-state index contributed by atoms with van der Waals surface area (Å²) in [5.74, 6) is 0. The zero-order valence-corrected chi connectivity index (χ0v) is 8.34. The molecule has 0 aromatic carbocycles. The topological polar surface area (TPSA) is 3.24 Å². The van der Waals surface area contributed by atoms with Gasteiger partial charge in [-0.25, -0.2) is 0 Å². The number of fused-ring (bicyclic) bond motifs is 1. The first-order chi connectivity index (χ1) is 6.18. The summed E-state index contributed by atoms with van der Waals surface area (Å²) in [6.45, 7) is 9.38. The first kappa shape index (κ1) is 8.76. The van der Waals surface area contributed by atoms with Gasteiger partial charge in [0, 0.05) is 14.0 Å². The third-order valence-electron chi connectivity index (χ3n) is 3.09. The summed E-state index contributed by atoms with van der Waals surface area (Å²) in [6, 6.07) is 0.572. The highest BCUT2D eigenvalue weighted by atomic mass is 15.1. The molecule has 1 aliphatic carbocycles. The number of rotatable bonds is 0. The van der Waals surface area contributed by atoms with Crippen molar-refractivity contribution in [1.82, 2.24) is 4.90 Å². The smallest absolute Gasteiger partial charge is 0.0381 e. The largest absolute Gasteiger partial charge is 0.299 e. The molecule has 1 heteroatoms. The molecule has 1 atom stereocenters. The molecule has 2 aliphatic rings. The molecule has 1 saturated carbocycles. The SMILES string of the molecule is C=C1CC(=C)C2=CCCN(C)[C@@H]2C1.[HH]. The van der Waals surface area contributed by atoms with E-state index in [9.17, 15) is 0 Å². The minimum Gasteiger partial charge on any atom is -0.299 e. The van der Waals surface area contributed by atoms with E-state index < -0.39 is 0 Å². The van der Waals surface area contributed by atoms with Crippen molar-refractivity contribution in [3.8, 4) is 0 Å². The Hall–Kier alpha value is -0.820. The van der Waals surface area contributed by atoms with Crippen LogP contribution in [0.15, 0.2) is 36.0 Å². The molecule has 0 unspecified atom stereocenters. The van der Waals surface area contributed by atoms with Crippen LogP contribution in [0.4, 0.5) is 0 Å². The zero-order valence-electron chi connectivity index (χ0n) is 8.34. The Morgan fingerprint density at radius 1 is 1.54 bits per heavy atom. The van der Waals surface area contributed by atoms with Crippen molar-refractivity contribution < 1.29 is 1.43 Å². The Labute approximate surface area is 81.9 Å². The third kappa shape index (κ3) is 1.49. The molecule has 1 aliphatic heterocycles. The first-order valence-electron chi connectivity index (χ1n) is 4.93. The van der Waals surface area contributed by atoms with Crippen LogP contribution >= 0.6 is 0 Å².